The van der Waals surface area contributed by atoms with Crippen LogP contribution in [0.3, 0.4) is 0 Å². The number of aromatic nitrogens is 2. The van der Waals surface area contributed by atoms with Gasteiger partial charge in [0.2, 0.25) is 0 Å². The van der Waals surface area contributed by atoms with Crippen LogP contribution in [0.15, 0.2) is 48.7 Å². The molecule has 8 N–H and O–H groups in total. The predicted molar refractivity (Wildman–Crippen MR) is 97.5 cm³/mol. The number of nitrogens with two attached hydrogens (primary N) is 4. The SMILES string of the molecule is NC(=O)N(N)c1cnc(-c2ccc3ccccc3c2)c(N(N)C(N)=O)n1. The van der Waals surface area contributed by atoms with Gasteiger partial charge in [0.1, 0.15) is 5.69 Å². The van der Waals surface area contributed by atoms with E-state index in [9.17, 15) is 9.59 Å². The molecule has 26 heavy (non-hydrogen) atoms. The summed E-state index contributed by atoms with van der Waals surface area (Å²) in [6.07, 6.45) is 1.24. The zero-order valence-electron chi connectivity index (χ0n) is 13.5. The Morgan fingerprint density at radius 3 is 2.19 bits per heavy atom. The molecule has 0 spiro atoms. The van der Waals surface area contributed by atoms with Crippen LogP contribution in [0.25, 0.3) is 22.0 Å². The first kappa shape index (κ1) is 17.1. The van der Waals surface area contributed by atoms with Crippen molar-refractivity contribution in [1.82, 2.24) is 9.97 Å². The van der Waals surface area contributed by atoms with Gasteiger partial charge < -0.3 is 11.5 Å². The summed E-state index contributed by atoms with van der Waals surface area (Å²) < 4.78 is 0. The van der Waals surface area contributed by atoms with Crippen LogP contribution < -0.4 is 33.2 Å². The number of rotatable bonds is 3. The Hall–Kier alpha value is -3.76. The molecule has 3 aromatic rings. The fraction of sp³-hybridized carbons (Fsp3) is 0. The van der Waals surface area contributed by atoms with Gasteiger partial charge in [-0.25, -0.2) is 41.3 Å². The van der Waals surface area contributed by atoms with Gasteiger partial charge in [0.05, 0.1) is 6.20 Å². The summed E-state index contributed by atoms with van der Waals surface area (Å²) in [6.45, 7) is 0. The monoisotopic (exact) mass is 352 g/mol. The minimum atomic E-state index is -0.957. The third-order valence-electron chi connectivity index (χ3n) is 3.71. The molecule has 4 amide bonds. The van der Waals surface area contributed by atoms with Gasteiger partial charge in [-0.05, 0) is 16.8 Å². The number of hydrogen-bond donors (Lipinski definition) is 4. The first-order valence-electron chi connectivity index (χ1n) is 7.43. The van der Waals surface area contributed by atoms with Crippen molar-refractivity contribution in [3.63, 3.8) is 0 Å². The number of carbonyl (C=O) groups excluding carboxylic acids is 2. The maximum absolute atomic E-state index is 11.5. The van der Waals surface area contributed by atoms with Crippen molar-refractivity contribution in [2.24, 2.45) is 23.2 Å². The van der Waals surface area contributed by atoms with Crippen molar-refractivity contribution >= 4 is 34.5 Å². The van der Waals surface area contributed by atoms with E-state index in [4.69, 9.17) is 23.2 Å². The summed E-state index contributed by atoms with van der Waals surface area (Å²) >= 11 is 0. The fourth-order valence-corrected chi connectivity index (χ4v) is 2.41. The Balaban J connectivity index is 2.18. The minimum absolute atomic E-state index is 0.0676. The third-order valence-corrected chi connectivity index (χ3v) is 3.71. The van der Waals surface area contributed by atoms with E-state index in [1.807, 2.05) is 36.4 Å². The maximum Gasteiger partial charge on any atom is 0.335 e. The molecule has 0 unspecified atom stereocenters. The van der Waals surface area contributed by atoms with E-state index in [1.165, 1.54) is 6.20 Å². The molecule has 1 heterocycles. The highest BCUT2D eigenvalue weighted by Gasteiger charge is 2.20. The average Bonchev–Trinajstić information content (AvgIpc) is 2.65. The van der Waals surface area contributed by atoms with Crippen LogP contribution in [0.4, 0.5) is 21.2 Å². The normalized spacial score (nSPS) is 10.5. The first-order chi connectivity index (χ1) is 12.4. The summed E-state index contributed by atoms with van der Waals surface area (Å²) in [7, 11) is 0. The summed E-state index contributed by atoms with van der Waals surface area (Å²) in [5.74, 6) is 11.1. The number of hydrazine groups is 2. The molecule has 132 valence electrons. The Bertz CT molecular complexity index is 1010. The van der Waals surface area contributed by atoms with E-state index in [2.05, 4.69) is 9.97 Å². The molecule has 2 aromatic carbocycles. The molecule has 0 aliphatic carbocycles. The van der Waals surface area contributed by atoms with Gasteiger partial charge in [0.15, 0.2) is 11.6 Å². The molecular formula is C16H16N8O2. The van der Waals surface area contributed by atoms with E-state index in [-0.39, 0.29) is 11.6 Å². The van der Waals surface area contributed by atoms with Gasteiger partial charge in [0, 0.05) is 5.56 Å². The van der Waals surface area contributed by atoms with Crippen LogP contribution in [0.2, 0.25) is 0 Å². The largest absolute Gasteiger partial charge is 0.350 e. The van der Waals surface area contributed by atoms with Crippen LogP contribution in [0, 0.1) is 0 Å². The number of carbonyl (C=O) groups is 2. The summed E-state index contributed by atoms with van der Waals surface area (Å²) in [5.41, 5.74) is 11.3. The number of primary amides is 2. The maximum atomic E-state index is 11.5. The Labute approximate surface area is 147 Å². The van der Waals surface area contributed by atoms with E-state index in [0.29, 0.717) is 21.3 Å². The van der Waals surface area contributed by atoms with E-state index >= 15 is 0 Å². The number of urea groups is 2. The van der Waals surface area contributed by atoms with Crippen LogP contribution >= 0.6 is 0 Å². The molecule has 3 rings (SSSR count). The highest BCUT2D eigenvalue weighted by molar-refractivity contribution is 5.95. The Morgan fingerprint density at radius 2 is 1.54 bits per heavy atom. The van der Waals surface area contributed by atoms with Gasteiger partial charge in [0.25, 0.3) is 0 Å². The van der Waals surface area contributed by atoms with Gasteiger partial charge >= 0.3 is 12.1 Å². The Morgan fingerprint density at radius 1 is 0.885 bits per heavy atom. The molecule has 0 fully saturated rings. The van der Waals surface area contributed by atoms with E-state index in [0.717, 1.165) is 10.8 Å². The zero-order valence-corrected chi connectivity index (χ0v) is 13.5. The molecule has 0 aliphatic heterocycles. The van der Waals surface area contributed by atoms with Crippen molar-refractivity contribution in [3.8, 4) is 11.3 Å². The topological polar surface area (TPSA) is 170 Å². The zero-order chi connectivity index (χ0) is 18.8. The second-order valence-corrected chi connectivity index (χ2v) is 5.38. The van der Waals surface area contributed by atoms with Gasteiger partial charge in [-0.2, -0.15) is 0 Å². The molecule has 0 bridgehead atoms. The third kappa shape index (κ3) is 3.09. The predicted octanol–water partition coefficient (Wildman–Crippen LogP) is 0.814. The summed E-state index contributed by atoms with van der Waals surface area (Å²) in [4.78, 5) is 31.1. The lowest BCUT2D eigenvalue weighted by Gasteiger charge is -2.19. The van der Waals surface area contributed by atoms with E-state index < -0.39 is 12.1 Å². The van der Waals surface area contributed by atoms with Crippen molar-refractivity contribution in [2.75, 3.05) is 10.0 Å². The number of hydrogen-bond acceptors (Lipinski definition) is 6. The molecular weight excluding hydrogens is 336 g/mol. The molecule has 1 aromatic heterocycles. The van der Waals surface area contributed by atoms with Crippen molar-refractivity contribution < 1.29 is 9.59 Å². The molecule has 0 atom stereocenters. The van der Waals surface area contributed by atoms with Crippen molar-refractivity contribution in [1.29, 1.82) is 0 Å². The molecule has 10 heteroatoms. The minimum Gasteiger partial charge on any atom is -0.350 e. The Kier molecular flexibility index (Phi) is 4.35. The van der Waals surface area contributed by atoms with E-state index in [1.54, 1.807) is 6.07 Å². The number of amides is 4. The standard InChI is InChI=1S/C16H16N8O2/c17-15(25)23(19)12-8-21-13(14(22-12)24(20)16(18)26)11-6-5-9-3-1-2-4-10(9)7-11/h1-8H,19-20H2,(H2,17,25)(H2,18,26). The van der Waals surface area contributed by atoms with Crippen LogP contribution in [-0.4, -0.2) is 22.0 Å². The smallest absolute Gasteiger partial charge is 0.335 e. The average molecular weight is 352 g/mol. The highest BCUT2D eigenvalue weighted by Crippen LogP contribution is 2.30. The van der Waals surface area contributed by atoms with Gasteiger partial charge in [-0.3, -0.25) is 0 Å². The van der Waals surface area contributed by atoms with Crippen molar-refractivity contribution in [3.05, 3.63) is 48.7 Å². The van der Waals surface area contributed by atoms with Gasteiger partial charge in [-0.1, -0.05) is 36.4 Å². The molecule has 0 saturated heterocycles. The molecule has 10 nitrogen and oxygen atoms in total. The number of nitrogens with zero attached hydrogens (tertiary/aromatic N) is 4. The molecule has 0 radical (unpaired) electrons. The summed E-state index contributed by atoms with van der Waals surface area (Å²) in [6, 6.07) is 11.4. The number of anilines is 2. The number of benzene rings is 2. The lowest BCUT2D eigenvalue weighted by molar-refractivity contribution is 0.253. The highest BCUT2D eigenvalue weighted by atomic mass is 16.2. The second-order valence-electron chi connectivity index (χ2n) is 5.38. The number of fused-ring (bicyclic) bond motifs is 1. The van der Waals surface area contributed by atoms with Crippen molar-refractivity contribution in [2.45, 2.75) is 0 Å². The van der Waals surface area contributed by atoms with Crippen LogP contribution in [0.5, 0.6) is 0 Å². The second kappa shape index (κ2) is 6.63. The lowest BCUT2D eigenvalue weighted by Crippen LogP contribution is -2.44. The molecule has 0 saturated carbocycles. The van der Waals surface area contributed by atoms with Crippen LogP contribution in [0.1, 0.15) is 0 Å². The molecule has 0 aliphatic rings. The van der Waals surface area contributed by atoms with Gasteiger partial charge in [-0.15, -0.1) is 0 Å². The fourth-order valence-electron chi connectivity index (χ4n) is 2.41. The quantitative estimate of drug-likeness (QED) is 0.309. The lowest BCUT2D eigenvalue weighted by atomic mass is 10.0. The summed E-state index contributed by atoms with van der Waals surface area (Å²) in [5, 5.41) is 3.19. The first-order valence-corrected chi connectivity index (χ1v) is 7.43. The van der Waals surface area contributed by atoms with Crippen LogP contribution in [-0.2, 0) is 0 Å².